The Labute approximate surface area is 103 Å². The van der Waals surface area contributed by atoms with Gasteiger partial charge < -0.3 is 10.6 Å². The molecular formula is C14H20N2O. The summed E-state index contributed by atoms with van der Waals surface area (Å²) in [7, 11) is 1.86. The first-order valence-electron chi connectivity index (χ1n) is 6.24. The molecule has 0 spiro atoms. The molecule has 2 N–H and O–H groups in total. The third kappa shape index (κ3) is 3.30. The Hall–Kier alpha value is -1.35. The second-order valence-corrected chi connectivity index (χ2v) is 4.81. The topological polar surface area (TPSA) is 46.3 Å². The van der Waals surface area contributed by atoms with Crippen molar-refractivity contribution < 1.29 is 4.79 Å². The molecule has 0 aromatic heterocycles. The number of hydrogen-bond donors (Lipinski definition) is 1. The van der Waals surface area contributed by atoms with Gasteiger partial charge in [0, 0.05) is 13.1 Å². The van der Waals surface area contributed by atoms with E-state index < -0.39 is 0 Å². The van der Waals surface area contributed by atoms with Gasteiger partial charge in [-0.15, -0.1) is 0 Å². The highest BCUT2D eigenvalue weighted by molar-refractivity contribution is 5.81. The van der Waals surface area contributed by atoms with Crippen LogP contribution in [-0.4, -0.2) is 29.9 Å². The monoisotopic (exact) mass is 232 g/mol. The molecule has 0 radical (unpaired) electrons. The summed E-state index contributed by atoms with van der Waals surface area (Å²) in [5.41, 5.74) is 7.18. The summed E-state index contributed by atoms with van der Waals surface area (Å²) in [5.74, 6) is 0.0865. The summed E-state index contributed by atoms with van der Waals surface area (Å²) in [4.78, 5) is 13.8. The first-order chi connectivity index (χ1) is 8.18. The first-order valence-corrected chi connectivity index (χ1v) is 6.24. The van der Waals surface area contributed by atoms with Crippen LogP contribution in [0.1, 0.15) is 24.8 Å². The second-order valence-electron chi connectivity index (χ2n) is 4.81. The van der Waals surface area contributed by atoms with Crippen LogP contribution >= 0.6 is 0 Å². The van der Waals surface area contributed by atoms with Crippen molar-refractivity contribution in [2.75, 3.05) is 7.05 Å². The smallest absolute Gasteiger partial charge is 0.239 e. The molecule has 3 heteroatoms. The summed E-state index contributed by atoms with van der Waals surface area (Å²) in [6.45, 7) is 0. The van der Waals surface area contributed by atoms with E-state index in [0.29, 0.717) is 6.04 Å². The molecule has 92 valence electrons. The maximum absolute atomic E-state index is 11.9. The van der Waals surface area contributed by atoms with Crippen molar-refractivity contribution in [2.45, 2.75) is 37.8 Å². The molecule has 3 nitrogen and oxygen atoms in total. The lowest BCUT2D eigenvalue weighted by Gasteiger charge is -2.20. The van der Waals surface area contributed by atoms with Crippen molar-refractivity contribution >= 4 is 5.91 Å². The van der Waals surface area contributed by atoms with Crippen LogP contribution < -0.4 is 5.73 Å². The number of amides is 1. The molecule has 2 rings (SSSR count). The van der Waals surface area contributed by atoms with Crippen molar-refractivity contribution in [3.05, 3.63) is 35.9 Å². The molecule has 0 bridgehead atoms. The standard InChI is InChI=1S/C14H20N2O/c1-16(12-8-9-12)14(17)13(15)10-7-11-5-3-2-4-6-11/h2-6,12-13H,7-10,15H2,1H3. The summed E-state index contributed by atoms with van der Waals surface area (Å²) < 4.78 is 0. The molecule has 1 fully saturated rings. The van der Waals surface area contributed by atoms with Crippen molar-refractivity contribution in [2.24, 2.45) is 5.73 Å². The van der Waals surface area contributed by atoms with Crippen molar-refractivity contribution in [1.82, 2.24) is 4.90 Å². The van der Waals surface area contributed by atoms with Gasteiger partial charge in [0.25, 0.3) is 0 Å². The molecule has 0 heterocycles. The van der Waals surface area contributed by atoms with Gasteiger partial charge in [-0.05, 0) is 31.2 Å². The van der Waals surface area contributed by atoms with E-state index in [0.717, 1.165) is 25.7 Å². The number of likely N-dealkylation sites (N-methyl/N-ethyl adjacent to an activating group) is 1. The zero-order chi connectivity index (χ0) is 12.3. The Morgan fingerprint density at radius 1 is 1.41 bits per heavy atom. The number of hydrogen-bond acceptors (Lipinski definition) is 2. The van der Waals surface area contributed by atoms with Crippen molar-refractivity contribution in [1.29, 1.82) is 0 Å². The molecule has 0 saturated heterocycles. The van der Waals surface area contributed by atoms with Crippen LogP contribution in [0.15, 0.2) is 30.3 Å². The number of aryl methyl sites for hydroxylation is 1. The van der Waals surface area contributed by atoms with Gasteiger partial charge in [-0.25, -0.2) is 0 Å². The largest absolute Gasteiger partial charge is 0.341 e. The van der Waals surface area contributed by atoms with Gasteiger partial charge in [0.2, 0.25) is 5.91 Å². The molecule has 1 atom stereocenters. The highest BCUT2D eigenvalue weighted by Gasteiger charge is 2.31. The Balaban J connectivity index is 1.80. The molecule has 0 aliphatic heterocycles. The maximum Gasteiger partial charge on any atom is 0.239 e. The average molecular weight is 232 g/mol. The van der Waals surface area contributed by atoms with Crippen LogP contribution in [-0.2, 0) is 11.2 Å². The summed E-state index contributed by atoms with van der Waals surface area (Å²) in [6.07, 6.45) is 3.85. The molecule has 1 aliphatic rings. The summed E-state index contributed by atoms with van der Waals surface area (Å²) >= 11 is 0. The van der Waals surface area contributed by atoms with Gasteiger partial charge in [-0.3, -0.25) is 4.79 Å². The minimum atomic E-state index is -0.360. The normalized spacial score (nSPS) is 16.6. The van der Waals surface area contributed by atoms with Crippen LogP contribution in [0.4, 0.5) is 0 Å². The molecule has 1 saturated carbocycles. The van der Waals surface area contributed by atoms with Gasteiger partial charge in [0.05, 0.1) is 6.04 Å². The van der Waals surface area contributed by atoms with Crippen molar-refractivity contribution in [3.63, 3.8) is 0 Å². The zero-order valence-corrected chi connectivity index (χ0v) is 10.3. The molecule has 1 amide bonds. The molecule has 1 unspecified atom stereocenters. The van der Waals surface area contributed by atoms with Gasteiger partial charge in [-0.2, -0.15) is 0 Å². The lowest BCUT2D eigenvalue weighted by atomic mass is 10.1. The number of carbonyl (C=O) groups excluding carboxylic acids is 1. The third-order valence-electron chi connectivity index (χ3n) is 3.35. The maximum atomic E-state index is 11.9. The molecule has 1 aromatic rings. The number of carbonyl (C=O) groups is 1. The van der Waals surface area contributed by atoms with E-state index in [1.165, 1.54) is 5.56 Å². The van der Waals surface area contributed by atoms with Crippen LogP contribution in [0.2, 0.25) is 0 Å². The minimum absolute atomic E-state index is 0.0865. The van der Waals surface area contributed by atoms with E-state index in [-0.39, 0.29) is 11.9 Å². The predicted molar refractivity (Wildman–Crippen MR) is 68.5 cm³/mol. The summed E-state index contributed by atoms with van der Waals surface area (Å²) in [5, 5.41) is 0. The fourth-order valence-corrected chi connectivity index (χ4v) is 1.99. The third-order valence-corrected chi connectivity index (χ3v) is 3.35. The second kappa shape index (κ2) is 5.32. The van der Waals surface area contributed by atoms with E-state index in [4.69, 9.17) is 5.73 Å². The Kier molecular flexibility index (Phi) is 3.79. The van der Waals surface area contributed by atoms with Gasteiger partial charge >= 0.3 is 0 Å². The number of nitrogens with two attached hydrogens (primary N) is 1. The fourth-order valence-electron chi connectivity index (χ4n) is 1.99. The first kappa shape index (κ1) is 12.1. The zero-order valence-electron chi connectivity index (χ0n) is 10.3. The quantitative estimate of drug-likeness (QED) is 0.837. The predicted octanol–water partition coefficient (Wildman–Crippen LogP) is 1.57. The number of benzene rings is 1. The average Bonchev–Trinajstić information content (AvgIpc) is 3.19. The summed E-state index contributed by atoms with van der Waals surface area (Å²) in [6, 6.07) is 10.3. The van der Waals surface area contributed by atoms with Gasteiger partial charge in [0.1, 0.15) is 0 Å². The SMILES string of the molecule is CN(C(=O)C(N)CCc1ccccc1)C1CC1. The van der Waals surface area contributed by atoms with E-state index >= 15 is 0 Å². The van der Waals surface area contributed by atoms with Crippen LogP contribution in [0.3, 0.4) is 0 Å². The number of rotatable bonds is 5. The van der Waals surface area contributed by atoms with Gasteiger partial charge in [0.15, 0.2) is 0 Å². The van der Waals surface area contributed by atoms with E-state index in [2.05, 4.69) is 12.1 Å². The van der Waals surface area contributed by atoms with Crippen LogP contribution in [0.5, 0.6) is 0 Å². The molecule has 17 heavy (non-hydrogen) atoms. The minimum Gasteiger partial charge on any atom is -0.341 e. The molecule has 1 aromatic carbocycles. The fraction of sp³-hybridized carbons (Fsp3) is 0.500. The molecule has 1 aliphatic carbocycles. The van der Waals surface area contributed by atoms with Gasteiger partial charge in [-0.1, -0.05) is 30.3 Å². The Morgan fingerprint density at radius 2 is 2.06 bits per heavy atom. The van der Waals surface area contributed by atoms with Crippen LogP contribution in [0, 0.1) is 0 Å². The van der Waals surface area contributed by atoms with E-state index in [9.17, 15) is 4.79 Å². The van der Waals surface area contributed by atoms with Crippen LogP contribution in [0.25, 0.3) is 0 Å². The van der Waals surface area contributed by atoms with E-state index in [1.54, 1.807) is 0 Å². The molecular weight excluding hydrogens is 212 g/mol. The highest BCUT2D eigenvalue weighted by atomic mass is 16.2. The lowest BCUT2D eigenvalue weighted by Crippen LogP contribution is -2.43. The highest BCUT2D eigenvalue weighted by Crippen LogP contribution is 2.25. The van der Waals surface area contributed by atoms with Crippen molar-refractivity contribution in [3.8, 4) is 0 Å². The Morgan fingerprint density at radius 3 is 2.65 bits per heavy atom. The lowest BCUT2D eigenvalue weighted by molar-refractivity contribution is -0.131. The van der Waals surface area contributed by atoms with E-state index in [1.807, 2.05) is 30.1 Å². The number of nitrogens with zero attached hydrogens (tertiary/aromatic N) is 1. The Bertz CT molecular complexity index is 373.